The summed E-state index contributed by atoms with van der Waals surface area (Å²) in [5, 5.41) is 14.6. The molecule has 5 nitrogen and oxygen atoms in total. The molecule has 0 aliphatic carbocycles. The van der Waals surface area contributed by atoms with Crippen LogP contribution < -0.4 is 10.6 Å². The van der Waals surface area contributed by atoms with Gasteiger partial charge in [-0.1, -0.05) is 30.3 Å². The second kappa shape index (κ2) is 11.4. The van der Waals surface area contributed by atoms with Crippen LogP contribution in [0, 0.1) is 11.3 Å². The third kappa shape index (κ3) is 7.46. The number of nitrogens with one attached hydrogen (secondary N) is 2. The van der Waals surface area contributed by atoms with Crippen molar-refractivity contribution in [1.82, 2.24) is 10.6 Å². The number of hydrogen-bond donors (Lipinski definition) is 2. The Balaban J connectivity index is 2.19. The highest BCUT2D eigenvalue weighted by Gasteiger charge is 2.07. The topological polar surface area (TPSA) is 74.1 Å². The van der Waals surface area contributed by atoms with Crippen LogP contribution in [-0.2, 0) is 16.0 Å². The number of nitrogens with zero attached hydrogens (tertiary/aromatic N) is 1. The number of hydrogen-bond acceptors (Lipinski definition) is 4. The number of ether oxygens (including phenoxy) is 1. The monoisotopic (exact) mass is 301 g/mol. The third-order valence-corrected chi connectivity index (χ3v) is 3.08. The van der Waals surface area contributed by atoms with E-state index in [0.717, 1.165) is 25.8 Å². The number of carbonyl (C=O) groups excluding carboxylic acids is 1. The molecule has 0 unspecified atom stereocenters. The number of amides is 1. The zero-order valence-electron chi connectivity index (χ0n) is 13.0. The highest BCUT2D eigenvalue weighted by molar-refractivity contribution is 5.97. The largest absolute Gasteiger partial charge is 0.390 e. The molecule has 1 aromatic rings. The maximum atomic E-state index is 11.7. The second-order valence-electron chi connectivity index (χ2n) is 4.82. The smallest absolute Gasteiger partial charge is 0.263 e. The quantitative estimate of drug-likeness (QED) is 0.392. The molecule has 0 aromatic heterocycles. The zero-order chi connectivity index (χ0) is 16.0. The SMILES string of the molecule is COCCNC(=O)/C(C#N)=C\NCCCCc1ccccc1. The van der Waals surface area contributed by atoms with Crippen LogP contribution in [0.4, 0.5) is 0 Å². The molecule has 0 saturated heterocycles. The van der Waals surface area contributed by atoms with Crippen LogP contribution in [-0.4, -0.2) is 32.7 Å². The fourth-order valence-electron chi connectivity index (χ4n) is 1.89. The predicted molar refractivity (Wildman–Crippen MR) is 86.0 cm³/mol. The molecule has 0 spiro atoms. The molecule has 2 N–H and O–H groups in total. The van der Waals surface area contributed by atoms with Crippen molar-refractivity contribution in [2.45, 2.75) is 19.3 Å². The Morgan fingerprint density at radius 2 is 2.05 bits per heavy atom. The van der Waals surface area contributed by atoms with E-state index in [4.69, 9.17) is 10.00 Å². The fraction of sp³-hybridized carbons (Fsp3) is 0.412. The van der Waals surface area contributed by atoms with E-state index in [-0.39, 0.29) is 11.5 Å². The summed E-state index contributed by atoms with van der Waals surface area (Å²) in [5.41, 5.74) is 1.41. The van der Waals surface area contributed by atoms with E-state index in [9.17, 15) is 4.79 Å². The van der Waals surface area contributed by atoms with Gasteiger partial charge in [0.25, 0.3) is 5.91 Å². The van der Waals surface area contributed by atoms with Crippen molar-refractivity contribution in [2.75, 3.05) is 26.8 Å². The molecule has 5 heteroatoms. The van der Waals surface area contributed by atoms with E-state index >= 15 is 0 Å². The van der Waals surface area contributed by atoms with E-state index < -0.39 is 0 Å². The lowest BCUT2D eigenvalue weighted by Crippen LogP contribution is -2.28. The van der Waals surface area contributed by atoms with Crippen LogP contribution in [0.3, 0.4) is 0 Å². The molecule has 1 rings (SSSR count). The molecule has 0 atom stereocenters. The highest BCUT2D eigenvalue weighted by atomic mass is 16.5. The Labute approximate surface area is 132 Å². The van der Waals surface area contributed by atoms with Gasteiger partial charge in [-0.2, -0.15) is 5.26 Å². The molecule has 0 heterocycles. The summed E-state index contributed by atoms with van der Waals surface area (Å²) in [4.78, 5) is 11.7. The van der Waals surface area contributed by atoms with E-state index in [1.54, 1.807) is 7.11 Å². The van der Waals surface area contributed by atoms with Crippen molar-refractivity contribution < 1.29 is 9.53 Å². The minimum atomic E-state index is -0.378. The summed E-state index contributed by atoms with van der Waals surface area (Å²) in [6, 6.07) is 12.2. The molecule has 0 fully saturated rings. The van der Waals surface area contributed by atoms with Crippen LogP contribution in [0.25, 0.3) is 0 Å². The zero-order valence-corrected chi connectivity index (χ0v) is 13.0. The van der Waals surface area contributed by atoms with Crippen molar-refractivity contribution in [2.24, 2.45) is 0 Å². The first-order valence-corrected chi connectivity index (χ1v) is 7.42. The minimum absolute atomic E-state index is 0.0826. The first-order valence-electron chi connectivity index (χ1n) is 7.42. The van der Waals surface area contributed by atoms with Gasteiger partial charge >= 0.3 is 0 Å². The number of carbonyl (C=O) groups is 1. The molecule has 0 radical (unpaired) electrons. The number of nitriles is 1. The summed E-state index contributed by atoms with van der Waals surface area (Å²) >= 11 is 0. The van der Waals surface area contributed by atoms with Crippen molar-refractivity contribution in [1.29, 1.82) is 5.26 Å². The molecular formula is C17H23N3O2. The lowest BCUT2D eigenvalue weighted by Gasteiger charge is -2.05. The van der Waals surface area contributed by atoms with E-state index in [0.29, 0.717) is 13.2 Å². The van der Waals surface area contributed by atoms with E-state index in [1.807, 2.05) is 24.3 Å². The van der Waals surface area contributed by atoms with Crippen molar-refractivity contribution in [3.8, 4) is 6.07 Å². The predicted octanol–water partition coefficient (Wildman–Crippen LogP) is 1.77. The maximum absolute atomic E-state index is 11.7. The average molecular weight is 301 g/mol. The van der Waals surface area contributed by atoms with Gasteiger partial charge < -0.3 is 15.4 Å². The minimum Gasteiger partial charge on any atom is -0.390 e. The Morgan fingerprint density at radius 1 is 1.27 bits per heavy atom. The number of rotatable bonds is 10. The van der Waals surface area contributed by atoms with Gasteiger partial charge in [0.15, 0.2) is 0 Å². The molecule has 22 heavy (non-hydrogen) atoms. The average Bonchev–Trinajstić information content (AvgIpc) is 2.55. The Hall–Kier alpha value is -2.32. The molecule has 0 aliphatic heterocycles. The standard InChI is InChI=1S/C17H23N3O2/c1-22-12-11-20-17(21)16(13-18)14-19-10-6-5-9-15-7-3-2-4-8-15/h2-4,7-8,14,19H,5-6,9-12H2,1H3,(H,20,21)/b16-14-. The first-order chi connectivity index (χ1) is 10.8. The van der Waals surface area contributed by atoms with Gasteiger partial charge in [-0.3, -0.25) is 4.79 Å². The molecule has 0 aliphatic rings. The van der Waals surface area contributed by atoms with Crippen LogP contribution >= 0.6 is 0 Å². The number of unbranched alkanes of at least 4 members (excludes halogenated alkanes) is 1. The van der Waals surface area contributed by atoms with Crippen LogP contribution in [0.5, 0.6) is 0 Å². The van der Waals surface area contributed by atoms with Crippen molar-refractivity contribution >= 4 is 5.91 Å². The Morgan fingerprint density at radius 3 is 2.73 bits per heavy atom. The summed E-state index contributed by atoms with van der Waals surface area (Å²) in [6.45, 7) is 1.56. The highest BCUT2D eigenvalue weighted by Crippen LogP contribution is 2.03. The molecule has 1 amide bonds. The van der Waals surface area contributed by atoms with Crippen molar-refractivity contribution in [3.05, 3.63) is 47.7 Å². The van der Waals surface area contributed by atoms with Gasteiger partial charge in [-0.15, -0.1) is 0 Å². The molecule has 0 bridgehead atoms. The van der Waals surface area contributed by atoms with Crippen LogP contribution in [0.1, 0.15) is 18.4 Å². The maximum Gasteiger partial charge on any atom is 0.263 e. The lowest BCUT2D eigenvalue weighted by atomic mass is 10.1. The summed E-state index contributed by atoms with van der Waals surface area (Å²) in [7, 11) is 1.56. The third-order valence-electron chi connectivity index (χ3n) is 3.08. The van der Waals surface area contributed by atoms with Gasteiger partial charge in [0.1, 0.15) is 11.6 Å². The van der Waals surface area contributed by atoms with E-state index in [2.05, 4.69) is 22.8 Å². The Bertz CT molecular complexity index is 506. The molecule has 0 saturated carbocycles. The number of methoxy groups -OCH3 is 1. The van der Waals surface area contributed by atoms with Gasteiger partial charge in [0.05, 0.1) is 6.61 Å². The lowest BCUT2D eigenvalue weighted by molar-refractivity contribution is -0.117. The summed E-state index contributed by atoms with van der Waals surface area (Å²) < 4.78 is 4.83. The fourth-order valence-corrected chi connectivity index (χ4v) is 1.89. The summed E-state index contributed by atoms with van der Waals surface area (Å²) in [6.07, 6.45) is 4.56. The van der Waals surface area contributed by atoms with Gasteiger partial charge in [0, 0.05) is 26.4 Å². The normalized spacial score (nSPS) is 10.8. The van der Waals surface area contributed by atoms with Gasteiger partial charge in [-0.05, 0) is 24.8 Å². The number of benzene rings is 1. The van der Waals surface area contributed by atoms with Crippen LogP contribution in [0.15, 0.2) is 42.1 Å². The molecular weight excluding hydrogens is 278 g/mol. The van der Waals surface area contributed by atoms with Gasteiger partial charge in [0.2, 0.25) is 0 Å². The van der Waals surface area contributed by atoms with E-state index in [1.165, 1.54) is 11.8 Å². The molecule has 1 aromatic carbocycles. The number of aryl methyl sites for hydroxylation is 1. The molecule has 118 valence electrons. The van der Waals surface area contributed by atoms with Gasteiger partial charge in [-0.25, -0.2) is 0 Å². The first kappa shape index (κ1) is 17.7. The second-order valence-corrected chi connectivity index (χ2v) is 4.82. The Kier molecular flexibility index (Phi) is 9.15. The van der Waals surface area contributed by atoms with Crippen molar-refractivity contribution in [3.63, 3.8) is 0 Å². The summed E-state index contributed by atoms with van der Waals surface area (Å²) in [5.74, 6) is -0.378. The van der Waals surface area contributed by atoms with Crippen LogP contribution in [0.2, 0.25) is 0 Å².